The van der Waals surface area contributed by atoms with Gasteiger partial charge in [0.25, 0.3) is 0 Å². The molecule has 1 heterocycles. The summed E-state index contributed by atoms with van der Waals surface area (Å²) in [6.07, 6.45) is 6.39. The number of hydrogen-bond donors (Lipinski definition) is 1. The van der Waals surface area contributed by atoms with Crippen molar-refractivity contribution < 1.29 is 13.2 Å². The van der Waals surface area contributed by atoms with E-state index in [2.05, 4.69) is 4.72 Å². The van der Waals surface area contributed by atoms with Crippen molar-refractivity contribution >= 4 is 21.6 Å². The highest BCUT2D eigenvalue weighted by atomic mass is 32.2. The number of hydrogen-bond acceptors (Lipinski definition) is 3. The summed E-state index contributed by atoms with van der Waals surface area (Å²) in [5.74, 6) is 0.0830. The van der Waals surface area contributed by atoms with E-state index < -0.39 is 10.0 Å². The van der Waals surface area contributed by atoms with Crippen LogP contribution in [0.2, 0.25) is 0 Å². The van der Waals surface area contributed by atoms with Gasteiger partial charge in [-0.25, -0.2) is 13.1 Å². The normalized spacial score (nSPS) is 18.9. The van der Waals surface area contributed by atoms with Gasteiger partial charge in [-0.3, -0.25) is 4.79 Å². The van der Waals surface area contributed by atoms with Gasteiger partial charge in [0.05, 0.1) is 4.90 Å². The van der Waals surface area contributed by atoms with Gasteiger partial charge in [0.2, 0.25) is 15.9 Å². The largest absolute Gasteiger partial charge is 0.312 e. The van der Waals surface area contributed by atoms with Gasteiger partial charge in [0.15, 0.2) is 0 Å². The number of anilines is 1. The quantitative estimate of drug-likeness (QED) is 0.919. The van der Waals surface area contributed by atoms with E-state index in [4.69, 9.17) is 0 Å². The zero-order valence-electron chi connectivity index (χ0n) is 13.5. The number of benzene rings is 1. The van der Waals surface area contributed by atoms with Gasteiger partial charge in [-0.2, -0.15) is 0 Å². The Balaban J connectivity index is 1.80. The molecule has 0 aromatic heterocycles. The first kappa shape index (κ1) is 16.5. The highest BCUT2D eigenvalue weighted by molar-refractivity contribution is 7.89. The molecule has 1 aliphatic carbocycles. The summed E-state index contributed by atoms with van der Waals surface area (Å²) < 4.78 is 28.0. The van der Waals surface area contributed by atoms with Crippen molar-refractivity contribution in [2.24, 2.45) is 0 Å². The Morgan fingerprint density at radius 3 is 2.70 bits per heavy atom. The first-order valence-electron chi connectivity index (χ1n) is 8.47. The fourth-order valence-corrected chi connectivity index (χ4v) is 4.86. The molecule has 0 radical (unpaired) electrons. The van der Waals surface area contributed by atoms with Crippen LogP contribution < -0.4 is 9.62 Å². The topological polar surface area (TPSA) is 66.5 Å². The van der Waals surface area contributed by atoms with Gasteiger partial charge < -0.3 is 4.90 Å². The Hall–Kier alpha value is -1.40. The summed E-state index contributed by atoms with van der Waals surface area (Å²) in [5.41, 5.74) is 1.80. The van der Waals surface area contributed by atoms with E-state index in [0.717, 1.165) is 36.9 Å². The second kappa shape index (κ2) is 6.61. The zero-order chi connectivity index (χ0) is 16.4. The molecule has 0 unspecified atom stereocenters. The Kier molecular flexibility index (Phi) is 4.73. The lowest BCUT2D eigenvalue weighted by Crippen LogP contribution is -2.36. The molecule has 1 fully saturated rings. The van der Waals surface area contributed by atoms with Gasteiger partial charge in [-0.05, 0) is 43.0 Å². The molecule has 0 atom stereocenters. The van der Waals surface area contributed by atoms with Crippen LogP contribution in [0.4, 0.5) is 5.69 Å². The van der Waals surface area contributed by atoms with Crippen molar-refractivity contribution in [2.45, 2.75) is 62.8 Å². The maximum Gasteiger partial charge on any atom is 0.240 e. The van der Waals surface area contributed by atoms with E-state index in [1.54, 1.807) is 23.1 Å². The first-order valence-corrected chi connectivity index (χ1v) is 9.95. The van der Waals surface area contributed by atoms with Gasteiger partial charge in [0.1, 0.15) is 0 Å². The average Bonchev–Trinajstić information content (AvgIpc) is 2.98. The lowest BCUT2D eigenvalue weighted by Gasteiger charge is -2.23. The number of nitrogens with zero attached hydrogens (tertiary/aromatic N) is 1. The average molecular weight is 336 g/mol. The van der Waals surface area contributed by atoms with Crippen LogP contribution in [0.3, 0.4) is 0 Å². The molecular formula is C17H24N2O3S. The van der Waals surface area contributed by atoms with Gasteiger partial charge in [-0.1, -0.05) is 26.2 Å². The second-order valence-corrected chi connectivity index (χ2v) is 8.11. The van der Waals surface area contributed by atoms with E-state index in [9.17, 15) is 13.2 Å². The summed E-state index contributed by atoms with van der Waals surface area (Å²) in [7, 11) is -3.48. The first-order chi connectivity index (χ1) is 11.0. The van der Waals surface area contributed by atoms with Crippen LogP contribution in [0.5, 0.6) is 0 Å². The highest BCUT2D eigenvalue weighted by Gasteiger charge is 2.27. The molecule has 0 bridgehead atoms. The summed E-state index contributed by atoms with van der Waals surface area (Å²) in [6, 6.07) is 5.17. The zero-order valence-corrected chi connectivity index (χ0v) is 14.4. The third-order valence-electron chi connectivity index (χ3n) is 4.79. The van der Waals surface area contributed by atoms with Crippen molar-refractivity contribution in [3.63, 3.8) is 0 Å². The SMILES string of the molecule is CCC(=O)N1CCc2cc(S(=O)(=O)NC3CCCCC3)ccc21. The van der Waals surface area contributed by atoms with Crippen LogP contribution in [0.1, 0.15) is 51.0 Å². The van der Waals surface area contributed by atoms with Gasteiger partial charge in [0, 0.05) is 24.7 Å². The Labute approximate surface area is 138 Å². The van der Waals surface area contributed by atoms with Crippen LogP contribution in [0.25, 0.3) is 0 Å². The van der Waals surface area contributed by atoms with E-state index in [-0.39, 0.29) is 11.9 Å². The number of nitrogens with one attached hydrogen (secondary N) is 1. The third kappa shape index (κ3) is 3.43. The van der Waals surface area contributed by atoms with E-state index in [1.165, 1.54) is 6.42 Å². The molecule has 6 heteroatoms. The third-order valence-corrected chi connectivity index (χ3v) is 6.31. The van der Waals surface area contributed by atoms with Crippen molar-refractivity contribution in [3.05, 3.63) is 23.8 Å². The van der Waals surface area contributed by atoms with Crippen molar-refractivity contribution in [3.8, 4) is 0 Å². The second-order valence-electron chi connectivity index (χ2n) is 6.40. The minimum Gasteiger partial charge on any atom is -0.312 e. The maximum absolute atomic E-state index is 12.6. The lowest BCUT2D eigenvalue weighted by molar-refractivity contribution is -0.118. The molecule has 0 saturated heterocycles. The molecule has 1 aromatic carbocycles. The van der Waals surface area contributed by atoms with Crippen LogP contribution in [-0.2, 0) is 21.2 Å². The number of carbonyl (C=O) groups is 1. The van der Waals surface area contributed by atoms with Gasteiger partial charge >= 0.3 is 0 Å². The van der Waals surface area contributed by atoms with Crippen LogP contribution >= 0.6 is 0 Å². The van der Waals surface area contributed by atoms with Crippen LogP contribution in [-0.4, -0.2) is 26.9 Å². The predicted molar refractivity (Wildman–Crippen MR) is 90.0 cm³/mol. The number of carbonyl (C=O) groups excluding carboxylic acids is 1. The summed E-state index contributed by atoms with van der Waals surface area (Å²) >= 11 is 0. The highest BCUT2D eigenvalue weighted by Crippen LogP contribution is 2.31. The molecule has 126 valence electrons. The molecule has 3 rings (SSSR count). The number of fused-ring (bicyclic) bond motifs is 1. The fraction of sp³-hybridized carbons (Fsp3) is 0.588. The van der Waals surface area contributed by atoms with E-state index >= 15 is 0 Å². The van der Waals surface area contributed by atoms with Crippen molar-refractivity contribution in [1.82, 2.24) is 4.72 Å². The standard InChI is InChI=1S/C17H24N2O3S/c1-2-17(20)19-11-10-13-12-15(8-9-16(13)19)23(21,22)18-14-6-4-3-5-7-14/h8-9,12,14,18H,2-7,10-11H2,1H3. The Morgan fingerprint density at radius 1 is 1.26 bits per heavy atom. The summed E-state index contributed by atoms with van der Waals surface area (Å²) in [4.78, 5) is 14.0. The Morgan fingerprint density at radius 2 is 2.00 bits per heavy atom. The van der Waals surface area contributed by atoms with Crippen LogP contribution in [0, 0.1) is 0 Å². The molecule has 1 N–H and O–H groups in total. The molecule has 0 spiro atoms. The number of amides is 1. The molecule has 23 heavy (non-hydrogen) atoms. The van der Waals surface area contributed by atoms with E-state index in [0.29, 0.717) is 24.3 Å². The number of rotatable bonds is 4. The smallest absolute Gasteiger partial charge is 0.240 e. The summed E-state index contributed by atoms with van der Waals surface area (Å²) in [5, 5.41) is 0. The van der Waals surface area contributed by atoms with Crippen molar-refractivity contribution in [1.29, 1.82) is 0 Å². The molecule has 1 saturated carbocycles. The fourth-order valence-electron chi connectivity index (χ4n) is 3.50. The Bertz CT molecular complexity index is 694. The monoisotopic (exact) mass is 336 g/mol. The molecule has 1 amide bonds. The van der Waals surface area contributed by atoms with Crippen molar-refractivity contribution in [2.75, 3.05) is 11.4 Å². The molecule has 2 aliphatic rings. The lowest BCUT2D eigenvalue weighted by atomic mass is 9.96. The maximum atomic E-state index is 12.6. The number of sulfonamides is 1. The molecular weight excluding hydrogens is 312 g/mol. The minimum atomic E-state index is -3.48. The van der Waals surface area contributed by atoms with Crippen LogP contribution in [0.15, 0.2) is 23.1 Å². The molecule has 5 nitrogen and oxygen atoms in total. The van der Waals surface area contributed by atoms with Gasteiger partial charge in [-0.15, -0.1) is 0 Å². The summed E-state index contributed by atoms with van der Waals surface area (Å²) in [6.45, 7) is 2.48. The minimum absolute atomic E-state index is 0.0557. The molecule has 1 aliphatic heterocycles. The molecule has 1 aromatic rings. The van der Waals surface area contributed by atoms with E-state index in [1.807, 2.05) is 6.92 Å². The predicted octanol–water partition coefficient (Wildman–Crippen LogP) is 2.60.